The molecule has 0 nitrogen and oxygen atoms in total. The monoisotopic (exact) mass is 368 g/mol. The van der Waals surface area contributed by atoms with Crippen LogP contribution in [0.5, 0.6) is 0 Å². The van der Waals surface area contributed by atoms with Crippen LogP contribution in [0, 0.1) is 11.8 Å². The Morgan fingerprint density at radius 2 is 1.41 bits per heavy atom. The van der Waals surface area contributed by atoms with Crippen molar-refractivity contribution in [1.29, 1.82) is 0 Å². The lowest BCUT2D eigenvalue weighted by Gasteiger charge is -2.11. The van der Waals surface area contributed by atoms with Crippen molar-refractivity contribution < 1.29 is 0 Å². The van der Waals surface area contributed by atoms with Gasteiger partial charge >= 0.3 is 0 Å². The van der Waals surface area contributed by atoms with E-state index in [1.54, 1.807) is 11.1 Å². The number of rotatable bonds is 15. The highest BCUT2D eigenvalue weighted by Gasteiger charge is 2.34. The Bertz CT molecular complexity index is 502. The summed E-state index contributed by atoms with van der Waals surface area (Å²) in [4.78, 5) is 0. The van der Waals surface area contributed by atoms with E-state index < -0.39 is 0 Å². The second kappa shape index (κ2) is 14.0. The topological polar surface area (TPSA) is 0 Å². The fraction of sp³-hybridized carbons (Fsp3) is 0.704. The third kappa shape index (κ3) is 8.67. The number of hydrogen-bond donors (Lipinski definition) is 0. The van der Waals surface area contributed by atoms with Gasteiger partial charge < -0.3 is 0 Å². The van der Waals surface area contributed by atoms with Crippen molar-refractivity contribution in [2.24, 2.45) is 11.8 Å². The molecule has 2 atom stereocenters. The van der Waals surface area contributed by atoms with Crippen molar-refractivity contribution in [1.82, 2.24) is 0 Å². The molecule has 2 unspecified atom stereocenters. The average Bonchev–Trinajstić information content (AvgIpc) is 3.27. The van der Waals surface area contributed by atoms with Gasteiger partial charge in [0.2, 0.25) is 0 Å². The first-order valence-corrected chi connectivity index (χ1v) is 12.0. The summed E-state index contributed by atoms with van der Waals surface area (Å²) in [5.41, 5.74) is 3.30. The van der Waals surface area contributed by atoms with Gasteiger partial charge in [-0.25, -0.2) is 0 Å². The Hall–Kier alpha value is -1.04. The number of unbranched alkanes of at least 4 members (excludes halogenated alkanes) is 11. The summed E-state index contributed by atoms with van der Waals surface area (Å²) in [6.07, 6.45) is 35.1. The number of allylic oxidation sites excluding steroid dienone is 8. The molecule has 27 heavy (non-hydrogen) atoms. The minimum Gasteiger partial charge on any atom is -0.0885 e. The molecule has 0 aromatic rings. The van der Waals surface area contributed by atoms with E-state index in [1.165, 1.54) is 96.3 Å². The van der Waals surface area contributed by atoms with Gasteiger partial charge in [0.15, 0.2) is 0 Å². The molecule has 152 valence electrons. The fourth-order valence-electron chi connectivity index (χ4n) is 4.67. The third-order valence-electron chi connectivity index (χ3n) is 6.43. The lowest BCUT2D eigenvalue weighted by Crippen LogP contribution is -1.96. The minimum absolute atomic E-state index is 0.772. The zero-order valence-electron chi connectivity index (χ0n) is 18.2. The summed E-state index contributed by atoms with van der Waals surface area (Å²) >= 11 is 0. The smallest absolute Gasteiger partial charge is 0.00113 e. The lowest BCUT2D eigenvalue weighted by atomic mass is 9.94. The van der Waals surface area contributed by atoms with Gasteiger partial charge in [0.1, 0.15) is 0 Å². The molecule has 1 saturated carbocycles. The molecule has 2 aliphatic carbocycles. The van der Waals surface area contributed by atoms with E-state index in [0.29, 0.717) is 0 Å². The second-order valence-electron chi connectivity index (χ2n) is 8.70. The molecular formula is C27H44. The second-order valence-corrected chi connectivity index (χ2v) is 8.70. The molecule has 0 radical (unpaired) electrons. The van der Waals surface area contributed by atoms with E-state index in [1.807, 2.05) is 0 Å². The van der Waals surface area contributed by atoms with Gasteiger partial charge in [0.25, 0.3) is 0 Å². The third-order valence-corrected chi connectivity index (χ3v) is 6.43. The minimum atomic E-state index is 0.772. The number of fused-ring (bicyclic) bond motifs is 2. The molecule has 0 spiro atoms. The van der Waals surface area contributed by atoms with Crippen LogP contribution in [0.3, 0.4) is 0 Å². The van der Waals surface area contributed by atoms with Crippen LogP contribution in [0.25, 0.3) is 0 Å². The molecule has 2 rings (SSSR count). The van der Waals surface area contributed by atoms with Gasteiger partial charge in [-0.15, -0.1) is 0 Å². The van der Waals surface area contributed by atoms with Crippen LogP contribution < -0.4 is 0 Å². The predicted molar refractivity (Wildman–Crippen MR) is 122 cm³/mol. The van der Waals surface area contributed by atoms with Crippen LogP contribution in [0.1, 0.15) is 110 Å². The summed E-state index contributed by atoms with van der Waals surface area (Å²) in [7, 11) is 0. The lowest BCUT2D eigenvalue weighted by molar-refractivity contribution is 0.610. The maximum absolute atomic E-state index is 2.53. The predicted octanol–water partition coefficient (Wildman–Crippen LogP) is 9.10. The standard InChI is InChI=1S/C27H44/c1-3-5-6-7-8-9-10-11-12-13-14-15-16-17-18-19-20-25-22-26-23-27(25)21-24(26)4-2/h4,11-12,19-20,22,26-27H,3,5-10,13-18,21,23H2,1-2H3. The SMILES string of the molecule is CC=C1CC2CC1C=C2C=CCCCCCCC=CCCCCCCCC. The molecule has 0 heteroatoms. The molecule has 0 aromatic heterocycles. The normalized spacial score (nSPS) is 23.3. The Morgan fingerprint density at radius 1 is 0.815 bits per heavy atom. The average molecular weight is 369 g/mol. The van der Waals surface area contributed by atoms with Gasteiger partial charge in [-0.05, 0) is 75.7 Å². The van der Waals surface area contributed by atoms with Crippen LogP contribution in [-0.4, -0.2) is 0 Å². The summed E-state index contributed by atoms with van der Waals surface area (Å²) in [6, 6.07) is 0. The molecule has 0 aliphatic heterocycles. The van der Waals surface area contributed by atoms with Crippen LogP contribution in [0.2, 0.25) is 0 Å². The van der Waals surface area contributed by atoms with E-state index in [-0.39, 0.29) is 0 Å². The highest BCUT2D eigenvalue weighted by molar-refractivity contribution is 5.38. The molecule has 1 fully saturated rings. The molecule has 0 saturated heterocycles. The Kier molecular flexibility index (Phi) is 11.6. The van der Waals surface area contributed by atoms with Gasteiger partial charge in [0, 0.05) is 0 Å². The molecule has 0 aromatic carbocycles. The van der Waals surface area contributed by atoms with E-state index in [0.717, 1.165) is 11.8 Å². The highest BCUT2D eigenvalue weighted by Crippen LogP contribution is 2.47. The molecule has 2 bridgehead atoms. The maximum Gasteiger partial charge on any atom is -0.00113 e. The Balaban J connectivity index is 1.37. The number of hydrogen-bond acceptors (Lipinski definition) is 0. The first-order chi connectivity index (χ1) is 13.3. The summed E-state index contributed by atoms with van der Waals surface area (Å²) in [6.45, 7) is 4.49. The van der Waals surface area contributed by atoms with Crippen LogP contribution in [0.15, 0.2) is 47.6 Å². The van der Waals surface area contributed by atoms with Crippen molar-refractivity contribution in [3.05, 3.63) is 47.6 Å². The zero-order valence-corrected chi connectivity index (χ0v) is 18.2. The van der Waals surface area contributed by atoms with Crippen molar-refractivity contribution >= 4 is 0 Å². The molecule has 0 amide bonds. The van der Waals surface area contributed by atoms with Gasteiger partial charge in [-0.1, -0.05) is 93.9 Å². The zero-order chi connectivity index (χ0) is 19.2. The van der Waals surface area contributed by atoms with Crippen molar-refractivity contribution in [2.45, 2.75) is 110 Å². The molecule has 2 aliphatic rings. The summed E-state index contributed by atoms with van der Waals surface area (Å²) < 4.78 is 0. The van der Waals surface area contributed by atoms with Gasteiger partial charge in [-0.2, -0.15) is 0 Å². The first kappa shape index (κ1) is 22.3. The Morgan fingerprint density at radius 3 is 1.96 bits per heavy atom. The fourth-order valence-corrected chi connectivity index (χ4v) is 4.67. The van der Waals surface area contributed by atoms with Crippen LogP contribution >= 0.6 is 0 Å². The van der Waals surface area contributed by atoms with Crippen LogP contribution in [0.4, 0.5) is 0 Å². The quantitative estimate of drug-likeness (QED) is 0.200. The van der Waals surface area contributed by atoms with Crippen molar-refractivity contribution in [3.8, 4) is 0 Å². The van der Waals surface area contributed by atoms with Crippen LogP contribution in [-0.2, 0) is 0 Å². The first-order valence-electron chi connectivity index (χ1n) is 12.0. The maximum atomic E-state index is 2.53. The van der Waals surface area contributed by atoms with Gasteiger partial charge in [-0.3, -0.25) is 0 Å². The van der Waals surface area contributed by atoms with E-state index in [4.69, 9.17) is 0 Å². The van der Waals surface area contributed by atoms with Gasteiger partial charge in [0.05, 0.1) is 0 Å². The summed E-state index contributed by atoms with van der Waals surface area (Å²) in [5.74, 6) is 1.61. The van der Waals surface area contributed by atoms with Crippen molar-refractivity contribution in [2.75, 3.05) is 0 Å². The molecule has 0 heterocycles. The molecular weight excluding hydrogens is 324 g/mol. The molecule has 0 N–H and O–H groups in total. The van der Waals surface area contributed by atoms with Crippen molar-refractivity contribution in [3.63, 3.8) is 0 Å². The Labute approximate surface area is 169 Å². The van der Waals surface area contributed by atoms with E-state index >= 15 is 0 Å². The largest absolute Gasteiger partial charge is 0.0885 e. The summed E-state index contributed by atoms with van der Waals surface area (Å²) in [5, 5.41) is 0. The highest BCUT2D eigenvalue weighted by atomic mass is 14.4. The van der Waals surface area contributed by atoms with E-state index in [9.17, 15) is 0 Å². The van der Waals surface area contributed by atoms with E-state index in [2.05, 4.69) is 50.3 Å².